The van der Waals surface area contributed by atoms with E-state index in [0.29, 0.717) is 0 Å². The smallest absolute Gasteiger partial charge is 0.0434 e. The predicted molar refractivity (Wildman–Crippen MR) is 65.2 cm³/mol. The van der Waals surface area contributed by atoms with Crippen LogP contribution in [0.15, 0.2) is 41.8 Å². The molecule has 1 aromatic carbocycles. The average Bonchev–Trinajstić information content (AvgIpc) is 2.76. The molecule has 0 bridgehead atoms. The number of rotatable bonds is 4. The van der Waals surface area contributed by atoms with Gasteiger partial charge in [0.05, 0.1) is 0 Å². The molecule has 0 radical (unpaired) electrons. The number of aryl methyl sites for hydroxylation is 1. The molecule has 1 N–H and O–H groups in total. The minimum absolute atomic E-state index is 0.276. The second-order valence-electron chi connectivity index (χ2n) is 3.49. The van der Waals surface area contributed by atoms with Crippen LogP contribution in [0, 0.1) is 0 Å². The Labute approximate surface area is 94.0 Å². The maximum atomic E-state index is 8.76. The summed E-state index contributed by atoms with van der Waals surface area (Å²) in [6.45, 7) is 0.276. The number of thiophene rings is 1. The van der Waals surface area contributed by atoms with Crippen LogP contribution in [0.1, 0.15) is 11.3 Å². The second-order valence-corrected chi connectivity index (χ2v) is 4.49. The molecule has 0 fully saturated rings. The summed E-state index contributed by atoms with van der Waals surface area (Å²) in [6, 6.07) is 12.6. The number of benzene rings is 1. The van der Waals surface area contributed by atoms with Crippen molar-refractivity contribution in [3.8, 4) is 11.1 Å². The lowest BCUT2D eigenvalue weighted by Gasteiger charge is -1.95. The fourth-order valence-corrected chi connectivity index (χ4v) is 2.49. The third kappa shape index (κ3) is 2.67. The fourth-order valence-electron chi connectivity index (χ4n) is 1.55. The van der Waals surface area contributed by atoms with Crippen molar-refractivity contribution >= 4 is 11.3 Å². The molecule has 1 aromatic heterocycles. The molecular formula is C13H14OS. The van der Waals surface area contributed by atoms with Gasteiger partial charge in [-0.3, -0.25) is 0 Å². The summed E-state index contributed by atoms with van der Waals surface area (Å²) in [4.78, 5) is 1.35. The molecule has 2 aromatic rings. The lowest BCUT2D eigenvalue weighted by molar-refractivity contribution is 0.289. The lowest BCUT2D eigenvalue weighted by atomic mass is 10.1. The van der Waals surface area contributed by atoms with Crippen LogP contribution in [0.5, 0.6) is 0 Å². The van der Waals surface area contributed by atoms with E-state index in [-0.39, 0.29) is 6.61 Å². The summed E-state index contributed by atoms with van der Waals surface area (Å²) in [5.41, 5.74) is 2.55. The molecule has 0 amide bonds. The van der Waals surface area contributed by atoms with Gasteiger partial charge in [0.25, 0.3) is 0 Å². The van der Waals surface area contributed by atoms with Crippen molar-refractivity contribution in [2.24, 2.45) is 0 Å². The van der Waals surface area contributed by atoms with Gasteiger partial charge in [0.1, 0.15) is 0 Å². The summed E-state index contributed by atoms with van der Waals surface area (Å²) in [5.74, 6) is 0. The maximum absolute atomic E-state index is 8.76. The Balaban J connectivity index is 2.14. The van der Waals surface area contributed by atoms with Crippen LogP contribution in [0.2, 0.25) is 0 Å². The van der Waals surface area contributed by atoms with Gasteiger partial charge in [-0.05, 0) is 35.4 Å². The lowest BCUT2D eigenvalue weighted by Crippen LogP contribution is -1.85. The third-order valence-corrected chi connectivity index (χ3v) is 3.34. The van der Waals surface area contributed by atoms with Gasteiger partial charge >= 0.3 is 0 Å². The van der Waals surface area contributed by atoms with Crippen molar-refractivity contribution in [3.05, 3.63) is 46.7 Å². The molecule has 0 spiro atoms. The number of hydrogen-bond donors (Lipinski definition) is 1. The highest BCUT2D eigenvalue weighted by molar-refractivity contribution is 7.10. The molecule has 2 heteroatoms. The van der Waals surface area contributed by atoms with Crippen LogP contribution in [-0.2, 0) is 6.42 Å². The van der Waals surface area contributed by atoms with Gasteiger partial charge in [-0.25, -0.2) is 0 Å². The van der Waals surface area contributed by atoms with Gasteiger partial charge in [-0.15, -0.1) is 11.3 Å². The van der Waals surface area contributed by atoms with Gasteiger partial charge < -0.3 is 5.11 Å². The van der Waals surface area contributed by atoms with Crippen molar-refractivity contribution in [1.29, 1.82) is 0 Å². The third-order valence-electron chi connectivity index (χ3n) is 2.34. The van der Waals surface area contributed by atoms with Crippen LogP contribution in [-0.4, -0.2) is 11.7 Å². The van der Waals surface area contributed by atoms with Gasteiger partial charge in [-0.2, -0.15) is 0 Å². The quantitative estimate of drug-likeness (QED) is 0.834. The standard InChI is InChI=1S/C13H14OS/c14-8-4-7-13-9-12(10-15-13)11-5-2-1-3-6-11/h1-3,5-6,9-10,14H,4,7-8H2. The summed E-state index contributed by atoms with van der Waals surface area (Å²) in [5, 5.41) is 10.9. The molecule has 0 aliphatic heterocycles. The van der Waals surface area contributed by atoms with Crippen LogP contribution in [0.3, 0.4) is 0 Å². The summed E-state index contributed by atoms with van der Waals surface area (Å²) >= 11 is 1.77. The predicted octanol–water partition coefficient (Wildman–Crippen LogP) is 3.34. The Morgan fingerprint density at radius 3 is 2.60 bits per heavy atom. The highest BCUT2D eigenvalue weighted by Crippen LogP contribution is 2.25. The van der Waals surface area contributed by atoms with Gasteiger partial charge in [0.2, 0.25) is 0 Å². The first-order valence-electron chi connectivity index (χ1n) is 5.14. The number of aliphatic hydroxyl groups is 1. The SMILES string of the molecule is OCCCc1cc(-c2ccccc2)cs1. The Morgan fingerprint density at radius 1 is 1.07 bits per heavy atom. The van der Waals surface area contributed by atoms with Crippen molar-refractivity contribution in [1.82, 2.24) is 0 Å². The molecule has 2 rings (SSSR count). The van der Waals surface area contributed by atoms with Gasteiger partial charge in [-0.1, -0.05) is 30.3 Å². The topological polar surface area (TPSA) is 20.2 Å². The van der Waals surface area contributed by atoms with E-state index in [1.807, 2.05) is 6.07 Å². The maximum Gasteiger partial charge on any atom is 0.0434 e. The molecule has 0 aliphatic carbocycles. The summed E-state index contributed by atoms with van der Waals surface area (Å²) in [7, 11) is 0. The van der Waals surface area contributed by atoms with Crippen molar-refractivity contribution in [3.63, 3.8) is 0 Å². The summed E-state index contributed by atoms with van der Waals surface area (Å²) < 4.78 is 0. The normalized spacial score (nSPS) is 10.5. The first-order chi connectivity index (χ1) is 7.40. The molecule has 15 heavy (non-hydrogen) atoms. The largest absolute Gasteiger partial charge is 0.396 e. The van der Waals surface area contributed by atoms with E-state index in [9.17, 15) is 0 Å². The van der Waals surface area contributed by atoms with E-state index >= 15 is 0 Å². The summed E-state index contributed by atoms with van der Waals surface area (Å²) in [6.07, 6.45) is 1.84. The molecule has 0 saturated carbocycles. The average molecular weight is 218 g/mol. The zero-order valence-electron chi connectivity index (χ0n) is 8.52. The van der Waals surface area contributed by atoms with E-state index in [0.717, 1.165) is 12.8 Å². The Hall–Kier alpha value is -1.12. The van der Waals surface area contributed by atoms with Crippen molar-refractivity contribution in [2.45, 2.75) is 12.8 Å². The zero-order chi connectivity index (χ0) is 10.5. The highest BCUT2D eigenvalue weighted by Gasteiger charge is 2.01. The molecule has 1 heterocycles. The molecule has 0 unspecified atom stereocenters. The monoisotopic (exact) mass is 218 g/mol. The van der Waals surface area contributed by atoms with Crippen LogP contribution >= 0.6 is 11.3 Å². The Bertz CT molecular complexity index is 405. The Morgan fingerprint density at radius 2 is 1.87 bits per heavy atom. The van der Waals surface area contributed by atoms with Gasteiger partial charge in [0, 0.05) is 11.5 Å². The van der Waals surface area contributed by atoms with E-state index in [4.69, 9.17) is 5.11 Å². The Kier molecular flexibility index (Phi) is 3.54. The van der Waals surface area contributed by atoms with Gasteiger partial charge in [0.15, 0.2) is 0 Å². The zero-order valence-corrected chi connectivity index (χ0v) is 9.33. The van der Waals surface area contributed by atoms with Crippen LogP contribution < -0.4 is 0 Å². The van der Waals surface area contributed by atoms with Crippen LogP contribution in [0.4, 0.5) is 0 Å². The molecule has 0 saturated heterocycles. The molecule has 0 atom stereocenters. The molecule has 78 valence electrons. The molecule has 1 nitrogen and oxygen atoms in total. The first-order valence-corrected chi connectivity index (χ1v) is 6.02. The number of hydrogen-bond acceptors (Lipinski definition) is 2. The van der Waals surface area contributed by atoms with E-state index in [1.165, 1.54) is 16.0 Å². The van der Waals surface area contributed by atoms with Crippen molar-refractivity contribution < 1.29 is 5.11 Å². The van der Waals surface area contributed by atoms with E-state index < -0.39 is 0 Å². The fraction of sp³-hybridized carbons (Fsp3) is 0.231. The molecule has 0 aliphatic rings. The minimum atomic E-state index is 0.276. The second kappa shape index (κ2) is 5.10. The molecular weight excluding hydrogens is 204 g/mol. The van der Waals surface area contributed by atoms with Crippen LogP contribution in [0.25, 0.3) is 11.1 Å². The van der Waals surface area contributed by atoms with Crippen molar-refractivity contribution in [2.75, 3.05) is 6.61 Å². The number of aliphatic hydroxyl groups excluding tert-OH is 1. The minimum Gasteiger partial charge on any atom is -0.396 e. The van der Waals surface area contributed by atoms with E-state index in [1.54, 1.807) is 11.3 Å². The van der Waals surface area contributed by atoms with E-state index in [2.05, 4.69) is 35.7 Å². The highest BCUT2D eigenvalue weighted by atomic mass is 32.1. The first kappa shape index (κ1) is 10.4.